The van der Waals surface area contributed by atoms with Crippen LogP contribution in [0.5, 0.6) is 0 Å². The highest BCUT2D eigenvalue weighted by atomic mass is 32.2. The van der Waals surface area contributed by atoms with Crippen LogP contribution in [0.25, 0.3) is 0 Å². The van der Waals surface area contributed by atoms with Gasteiger partial charge in [0.05, 0.1) is 10.8 Å². The van der Waals surface area contributed by atoms with Crippen molar-refractivity contribution in [3.63, 3.8) is 0 Å². The van der Waals surface area contributed by atoms with Gasteiger partial charge in [0.1, 0.15) is 0 Å². The predicted molar refractivity (Wildman–Crippen MR) is 96.2 cm³/mol. The number of hydrogen-bond acceptors (Lipinski definition) is 5. The third kappa shape index (κ3) is 3.27. The van der Waals surface area contributed by atoms with Gasteiger partial charge in [0.25, 0.3) is 0 Å². The maximum absolute atomic E-state index is 12.6. The minimum absolute atomic E-state index is 0.0488. The molecule has 7 heteroatoms. The number of benzene rings is 2. The Morgan fingerprint density at radius 3 is 2.46 bits per heavy atom. The van der Waals surface area contributed by atoms with Crippen molar-refractivity contribution in [3.05, 3.63) is 77.4 Å². The van der Waals surface area contributed by atoms with E-state index in [0.29, 0.717) is 36.1 Å². The minimum atomic E-state index is -3.46. The Hall–Kier alpha value is -2.51. The van der Waals surface area contributed by atoms with Crippen LogP contribution in [0.1, 0.15) is 28.8 Å². The Labute approximate surface area is 152 Å². The quantitative estimate of drug-likeness (QED) is 0.691. The highest BCUT2D eigenvalue weighted by molar-refractivity contribution is 7.89. The topological polar surface area (TPSA) is 76.3 Å². The molecule has 1 aliphatic rings. The van der Waals surface area contributed by atoms with Crippen molar-refractivity contribution in [2.75, 3.05) is 13.1 Å². The number of nitrogens with zero attached hydrogens (tertiary/aromatic N) is 3. The molecule has 134 valence electrons. The first-order valence-electron chi connectivity index (χ1n) is 8.45. The molecule has 6 nitrogen and oxygen atoms in total. The average Bonchev–Trinajstić information content (AvgIpc) is 3.02. The second kappa shape index (κ2) is 6.66. The van der Waals surface area contributed by atoms with Crippen molar-refractivity contribution in [2.24, 2.45) is 0 Å². The Balaban J connectivity index is 1.41. The molecule has 0 bridgehead atoms. The smallest absolute Gasteiger partial charge is 0.243 e. The molecular weight excluding hydrogens is 350 g/mol. The number of rotatable bonds is 5. The fourth-order valence-corrected chi connectivity index (χ4v) is 4.46. The average molecular weight is 369 g/mol. The number of sulfonamides is 1. The van der Waals surface area contributed by atoms with Crippen LogP contribution in [0.3, 0.4) is 0 Å². The molecule has 0 aliphatic carbocycles. The van der Waals surface area contributed by atoms with Crippen molar-refractivity contribution in [2.45, 2.75) is 24.2 Å². The molecule has 26 heavy (non-hydrogen) atoms. The van der Waals surface area contributed by atoms with Gasteiger partial charge in [-0.2, -0.15) is 9.29 Å². The van der Waals surface area contributed by atoms with E-state index >= 15 is 0 Å². The van der Waals surface area contributed by atoms with Gasteiger partial charge in [-0.3, -0.25) is 0 Å². The summed E-state index contributed by atoms with van der Waals surface area (Å²) < 4.78 is 32.0. The van der Waals surface area contributed by atoms with Gasteiger partial charge in [0, 0.05) is 19.5 Å². The van der Waals surface area contributed by atoms with Crippen LogP contribution < -0.4 is 0 Å². The molecule has 1 aromatic heterocycles. The third-order valence-electron chi connectivity index (χ3n) is 4.54. The van der Waals surface area contributed by atoms with Crippen molar-refractivity contribution in [1.82, 2.24) is 14.4 Å². The van der Waals surface area contributed by atoms with E-state index in [-0.39, 0.29) is 5.92 Å². The Bertz CT molecular complexity index is 992. The molecule has 0 N–H and O–H groups in total. The summed E-state index contributed by atoms with van der Waals surface area (Å²) in [4.78, 5) is 4.75. The van der Waals surface area contributed by atoms with Crippen LogP contribution in [-0.4, -0.2) is 36.0 Å². The zero-order chi connectivity index (χ0) is 18.1. The molecule has 2 aromatic carbocycles. The van der Waals surface area contributed by atoms with Gasteiger partial charge in [0.2, 0.25) is 15.9 Å². The van der Waals surface area contributed by atoms with E-state index in [2.05, 4.69) is 10.1 Å². The van der Waals surface area contributed by atoms with E-state index in [1.54, 1.807) is 24.3 Å². The van der Waals surface area contributed by atoms with E-state index in [9.17, 15) is 8.42 Å². The molecule has 2 heterocycles. The van der Waals surface area contributed by atoms with Gasteiger partial charge in [-0.15, -0.1) is 0 Å². The first kappa shape index (κ1) is 16.9. The summed E-state index contributed by atoms with van der Waals surface area (Å²) in [6.45, 7) is 2.66. The van der Waals surface area contributed by atoms with E-state index in [1.807, 2.05) is 37.3 Å². The lowest BCUT2D eigenvalue weighted by molar-refractivity contribution is 0.216. The second-order valence-electron chi connectivity index (χ2n) is 6.54. The normalized spacial score (nSPS) is 15.7. The summed E-state index contributed by atoms with van der Waals surface area (Å²) in [5.41, 5.74) is 2.14. The second-order valence-corrected chi connectivity index (χ2v) is 8.48. The lowest BCUT2D eigenvalue weighted by Crippen LogP contribution is -2.48. The summed E-state index contributed by atoms with van der Waals surface area (Å²) in [5.74, 6) is 1.07. The first-order valence-corrected chi connectivity index (χ1v) is 9.89. The summed E-state index contributed by atoms with van der Waals surface area (Å²) >= 11 is 0. The Morgan fingerprint density at radius 1 is 1.08 bits per heavy atom. The highest BCUT2D eigenvalue weighted by Gasteiger charge is 2.40. The van der Waals surface area contributed by atoms with E-state index in [1.165, 1.54) is 4.31 Å². The van der Waals surface area contributed by atoms with Crippen LogP contribution in [-0.2, 0) is 16.4 Å². The molecule has 0 atom stereocenters. The Kier molecular flexibility index (Phi) is 4.34. The molecule has 1 aliphatic heterocycles. The maximum Gasteiger partial charge on any atom is 0.243 e. The first-order chi connectivity index (χ1) is 12.5. The molecule has 1 fully saturated rings. The van der Waals surface area contributed by atoms with E-state index < -0.39 is 10.0 Å². The van der Waals surface area contributed by atoms with Crippen molar-refractivity contribution in [3.8, 4) is 0 Å². The summed E-state index contributed by atoms with van der Waals surface area (Å²) in [5, 5.41) is 4.02. The van der Waals surface area contributed by atoms with Crippen molar-refractivity contribution >= 4 is 10.0 Å². The molecule has 1 saturated heterocycles. The van der Waals surface area contributed by atoms with Gasteiger partial charge >= 0.3 is 0 Å². The minimum Gasteiger partial charge on any atom is -0.339 e. The third-order valence-corrected chi connectivity index (χ3v) is 6.39. The van der Waals surface area contributed by atoms with E-state index in [0.717, 1.165) is 11.1 Å². The van der Waals surface area contributed by atoms with Gasteiger partial charge in [-0.1, -0.05) is 53.2 Å². The standard InChI is InChI=1S/C19H19N3O3S/c1-14-7-9-17(10-8-14)26(23,24)22-12-16(13-22)19-20-18(21-25-19)11-15-5-3-2-4-6-15/h2-10,16H,11-13H2,1H3. The van der Waals surface area contributed by atoms with Crippen LogP contribution in [0.15, 0.2) is 64.0 Å². The molecule has 0 spiro atoms. The fraction of sp³-hybridized carbons (Fsp3) is 0.263. The molecule has 0 saturated carbocycles. The van der Waals surface area contributed by atoms with Crippen molar-refractivity contribution in [1.29, 1.82) is 0 Å². The number of hydrogen-bond donors (Lipinski definition) is 0. The largest absolute Gasteiger partial charge is 0.339 e. The molecule has 4 rings (SSSR count). The lowest BCUT2D eigenvalue weighted by Gasteiger charge is -2.35. The zero-order valence-corrected chi connectivity index (χ0v) is 15.2. The molecule has 0 radical (unpaired) electrons. The van der Waals surface area contributed by atoms with E-state index in [4.69, 9.17) is 4.52 Å². The molecule has 3 aromatic rings. The maximum atomic E-state index is 12.6. The van der Waals surface area contributed by atoms with Gasteiger partial charge in [-0.05, 0) is 24.6 Å². The molecule has 0 amide bonds. The fourth-order valence-electron chi connectivity index (χ4n) is 2.93. The zero-order valence-electron chi connectivity index (χ0n) is 14.4. The number of aryl methyl sites for hydroxylation is 1. The summed E-state index contributed by atoms with van der Waals surface area (Å²) in [7, 11) is -3.46. The molecule has 0 unspecified atom stereocenters. The van der Waals surface area contributed by atoms with Crippen LogP contribution in [0.4, 0.5) is 0 Å². The monoisotopic (exact) mass is 369 g/mol. The number of aromatic nitrogens is 2. The van der Waals surface area contributed by atoms with Crippen LogP contribution in [0, 0.1) is 6.92 Å². The highest BCUT2D eigenvalue weighted by Crippen LogP contribution is 2.31. The lowest BCUT2D eigenvalue weighted by atomic mass is 10.0. The Morgan fingerprint density at radius 2 is 1.77 bits per heavy atom. The van der Waals surface area contributed by atoms with Gasteiger partial charge < -0.3 is 4.52 Å². The van der Waals surface area contributed by atoms with Gasteiger partial charge in [-0.25, -0.2) is 8.42 Å². The SMILES string of the molecule is Cc1ccc(S(=O)(=O)N2CC(c3nc(Cc4ccccc4)no3)C2)cc1. The van der Waals surface area contributed by atoms with Crippen molar-refractivity contribution < 1.29 is 12.9 Å². The van der Waals surface area contributed by atoms with Gasteiger partial charge in [0.15, 0.2) is 5.82 Å². The summed E-state index contributed by atoms with van der Waals surface area (Å²) in [6.07, 6.45) is 0.600. The summed E-state index contributed by atoms with van der Waals surface area (Å²) in [6, 6.07) is 16.8. The van der Waals surface area contributed by atoms with Crippen LogP contribution >= 0.6 is 0 Å². The molecular formula is C19H19N3O3S. The van der Waals surface area contributed by atoms with Crippen LogP contribution in [0.2, 0.25) is 0 Å². The predicted octanol–water partition coefficient (Wildman–Crippen LogP) is 2.76.